The summed E-state index contributed by atoms with van der Waals surface area (Å²) in [5, 5.41) is 2.89. The average molecular weight is 388 g/mol. The van der Waals surface area contributed by atoms with E-state index in [2.05, 4.69) is 15.3 Å². The maximum absolute atomic E-state index is 12.6. The number of amides is 1. The number of nitrogens with one attached hydrogen (secondary N) is 1. The van der Waals surface area contributed by atoms with Gasteiger partial charge in [0.25, 0.3) is 0 Å². The van der Waals surface area contributed by atoms with Crippen molar-refractivity contribution in [1.82, 2.24) is 9.97 Å². The lowest BCUT2D eigenvalue weighted by atomic mass is 10.1. The van der Waals surface area contributed by atoms with Gasteiger partial charge in [-0.3, -0.25) is 4.79 Å². The van der Waals surface area contributed by atoms with Crippen LogP contribution in [0, 0.1) is 13.8 Å². The summed E-state index contributed by atoms with van der Waals surface area (Å²) in [7, 11) is 0. The molecule has 144 valence electrons. The van der Waals surface area contributed by atoms with Gasteiger partial charge in [-0.1, -0.05) is 36.4 Å². The van der Waals surface area contributed by atoms with E-state index in [1.807, 2.05) is 39.0 Å². The molecule has 2 rings (SSSR count). The van der Waals surface area contributed by atoms with Crippen molar-refractivity contribution in [2.75, 3.05) is 17.7 Å². The first-order chi connectivity index (χ1) is 12.8. The fraction of sp³-hybridized carbons (Fsp3) is 0.368. The average Bonchev–Trinajstić information content (AvgIpc) is 2.62. The van der Waals surface area contributed by atoms with Gasteiger partial charge in [0.15, 0.2) is 5.16 Å². The molecule has 3 N–H and O–H groups in total. The number of aryl methyl sites for hydroxylation is 2. The molecule has 1 atom stereocenters. The maximum atomic E-state index is 12.6. The Hall–Kier alpha value is -2.61. The smallest absolute Gasteiger partial charge is 0.343 e. The van der Waals surface area contributed by atoms with Gasteiger partial charge >= 0.3 is 5.97 Å². The second-order valence-corrected chi connectivity index (χ2v) is 7.16. The molecule has 1 aromatic carbocycles. The molecule has 0 fully saturated rings. The third-order valence-corrected chi connectivity index (χ3v) is 5.08. The summed E-state index contributed by atoms with van der Waals surface area (Å²) in [5.41, 5.74) is 8.88. The van der Waals surface area contributed by atoms with Crippen LogP contribution in [0.1, 0.15) is 41.8 Å². The predicted molar refractivity (Wildman–Crippen MR) is 107 cm³/mol. The first-order valence-electron chi connectivity index (χ1n) is 8.70. The lowest BCUT2D eigenvalue weighted by Gasteiger charge is -2.15. The monoisotopic (exact) mass is 388 g/mol. The molecule has 0 aliphatic heterocycles. The number of ether oxygens (including phenoxy) is 1. The molecule has 0 saturated carbocycles. The first-order valence-corrected chi connectivity index (χ1v) is 9.58. The molecular formula is C19H24N4O3S. The number of carbonyl (C=O) groups is 2. The Bertz CT molecular complexity index is 842. The van der Waals surface area contributed by atoms with Gasteiger partial charge in [-0.15, -0.1) is 0 Å². The van der Waals surface area contributed by atoms with Crippen LogP contribution in [0.15, 0.2) is 29.6 Å². The number of nitrogens with zero attached hydrogens (tertiary/aromatic N) is 2. The highest BCUT2D eigenvalue weighted by molar-refractivity contribution is 8.00. The number of rotatable bonds is 7. The highest BCUT2D eigenvalue weighted by atomic mass is 32.2. The Labute approximate surface area is 163 Å². The maximum Gasteiger partial charge on any atom is 0.343 e. The second kappa shape index (κ2) is 9.36. The van der Waals surface area contributed by atoms with Crippen LogP contribution in [0.4, 0.5) is 11.5 Å². The number of hydrogen-bond acceptors (Lipinski definition) is 7. The van der Waals surface area contributed by atoms with E-state index in [1.165, 1.54) is 18.0 Å². The minimum Gasteiger partial charge on any atom is -0.462 e. The fourth-order valence-corrected chi connectivity index (χ4v) is 3.27. The van der Waals surface area contributed by atoms with Gasteiger partial charge < -0.3 is 15.8 Å². The van der Waals surface area contributed by atoms with Crippen LogP contribution in [-0.4, -0.2) is 33.7 Å². The molecule has 1 amide bonds. The Morgan fingerprint density at radius 2 is 2.04 bits per heavy atom. The predicted octanol–water partition coefficient (Wildman–Crippen LogP) is 3.36. The number of benzene rings is 1. The van der Waals surface area contributed by atoms with Crippen molar-refractivity contribution in [2.24, 2.45) is 0 Å². The quantitative estimate of drug-likeness (QED) is 0.425. The van der Waals surface area contributed by atoms with Crippen molar-refractivity contribution in [3.63, 3.8) is 0 Å². The number of nitrogen functional groups attached to an aromatic ring is 1. The van der Waals surface area contributed by atoms with Crippen LogP contribution >= 0.6 is 11.8 Å². The van der Waals surface area contributed by atoms with E-state index < -0.39 is 11.2 Å². The zero-order valence-electron chi connectivity index (χ0n) is 15.9. The highest BCUT2D eigenvalue weighted by Crippen LogP contribution is 2.26. The number of thioether (sulfide) groups is 1. The number of nitrogens with two attached hydrogens (primary N) is 1. The Balaban J connectivity index is 2.10. The summed E-state index contributed by atoms with van der Waals surface area (Å²) in [6, 6.07) is 5.86. The van der Waals surface area contributed by atoms with Crippen LogP contribution in [0.5, 0.6) is 0 Å². The van der Waals surface area contributed by atoms with Crippen molar-refractivity contribution in [2.45, 2.75) is 44.5 Å². The zero-order valence-corrected chi connectivity index (χ0v) is 16.7. The van der Waals surface area contributed by atoms with Crippen LogP contribution in [0.3, 0.4) is 0 Å². The molecule has 0 bridgehead atoms. The highest BCUT2D eigenvalue weighted by Gasteiger charge is 2.21. The summed E-state index contributed by atoms with van der Waals surface area (Å²) in [4.78, 5) is 32.7. The lowest BCUT2D eigenvalue weighted by molar-refractivity contribution is -0.115. The number of aromatic nitrogens is 2. The summed E-state index contributed by atoms with van der Waals surface area (Å²) < 4.78 is 4.91. The van der Waals surface area contributed by atoms with E-state index in [0.29, 0.717) is 11.6 Å². The molecule has 27 heavy (non-hydrogen) atoms. The summed E-state index contributed by atoms with van der Waals surface area (Å²) in [6.07, 6.45) is 1.92. The van der Waals surface area contributed by atoms with Crippen molar-refractivity contribution in [3.8, 4) is 0 Å². The van der Waals surface area contributed by atoms with E-state index in [4.69, 9.17) is 10.5 Å². The van der Waals surface area contributed by atoms with E-state index in [9.17, 15) is 9.59 Å². The molecule has 2 aromatic rings. The van der Waals surface area contributed by atoms with Gasteiger partial charge in [-0.05, 0) is 38.8 Å². The van der Waals surface area contributed by atoms with Crippen LogP contribution in [0.25, 0.3) is 0 Å². The van der Waals surface area contributed by atoms with Gasteiger partial charge in [-0.25, -0.2) is 14.8 Å². The minimum absolute atomic E-state index is 0.0376. The Morgan fingerprint density at radius 3 is 2.63 bits per heavy atom. The SMILES string of the molecule is CCOC(=O)c1cnc(S[C@@H](CC)C(=O)Nc2ccc(C)cc2C)nc1N. The van der Waals surface area contributed by atoms with Crippen molar-refractivity contribution < 1.29 is 14.3 Å². The third-order valence-electron chi connectivity index (χ3n) is 3.84. The van der Waals surface area contributed by atoms with Crippen molar-refractivity contribution in [3.05, 3.63) is 41.1 Å². The third kappa shape index (κ3) is 5.43. The summed E-state index contributed by atoms with van der Waals surface area (Å²) in [5.74, 6) is -0.659. The van der Waals surface area contributed by atoms with Crippen LogP contribution < -0.4 is 11.1 Å². The van der Waals surface area contributed by atoms with E-state index in [0.717, 1.165) is 16.8 Å². The summed E-state index contributed by atoms with van der Waals surface area (Å²) >= 11 is 1.21. The minimum atomic E-state index is -0.564. The fourth-order valence-electron chi connectivity index (χ4n) is 2.42. The van der Waals surface area contributed by atoms with Gasteiger partial charge in [0.2, 0.25) is 5.91 Å². The number of esters is 1. The molecular weight excluding hydrogens is 364 g/mol. The molecule has 1 heterocycles. The van der Waals surface area contributed by atoms with E-state index >= 15 is 0 Å². The van der Waals surface area contributed by atoms with Gasteiger partial charge in [-0.2, -0.15) is 0 Å². The molecule has 0 radical (unpaired) electrons. The standard InChI is InChI=1S/C19H24N4O3S/c1-5-15(17(24)22-14-8-7-11(3)9-12(14)4)27-19-21-10-13(16(20)23-19)18(25)26-6-2/h7-10,15H,5-6H2,1-4H3,(H,22,24)(H2,20,21,23)/t15-/m0/s1. The summed E-state index contributed by atoms with van der Waals surface area (Å²) in [6.45, 7) is 7.82. The molecule has 0 unspecified atom stereocenters. The molecule has 7 nitrogen and oxygen atoms in total. The number of hydrogen-bond donors (Lipinski definition) is 2. The van der Waals surface area contributed by atoms with Gasteiger partial charge in [0, 0.05) is 11.9 Å². The van der Waals surface area contributed by atoms with Crippen molar-refractivity contribution >= 4 is 35.1 Å². The molecule has 0 aliphatic carbocycles. The van der Waals surface area contributed by atoms with E-state index in [1.54, 1.807) is 6.92 Å². The number of anilines is 2. The van der Waals surface area contributed by atoms with Crippen molar-refractivity contribution in [1.29, 1.82) is 0 Å². The van der Waals surface area contributed by atoms with Gasteiger partial charge in [0.05, 0.1) is 11.9 Å². The number of carbonyl (C=O) groups excluding carboxylic acids is 2. The van der Waals surface area contributed by atoms with E-state index in [-0.39, 0.29) is 23.9 Å². The molecule has 8 heteroatoms. The lowest BCUT2D eigenvalue weighted by Crippen LogP contribution is -2.25. The van der Waals surface area contributed by atoms with Crippen LogP contribution in [0.2, 0.25) is 0 Å². The largest absolute Gasteiger partial charge is 0.462 e. The van der Waals surface area contributed by atoms with Gasteiger partial charge in [0.1, 0.15) is 11.4 Å². The Morgan fingerprint density at radius 1 is 1.30 bits per heavy atom. The first kappa shape index (κ1) is 20.7. The topological polar surface area (TPSA) is 107 Å². The molecule has 0 saturated heterocycles. The Kier molecular flexibility index (Phi) is 7.18. The zero-order chi connectivity index (χ0) is 20.0. The molecule has 0 aliphatic rings. The normalized spacial score (nSPS) is 11.7. The second-order valence-electron chi connectivity index (χ2n) is 5.99. The van der Waals surface area contributed by atoms with Crippen LogP contribution in [-0.2, 0) is 9.53 Å². The molecule has 1 aromatic heterocycles. The molecule has 0 spiro atoms.